The van der Waals surface area contributed by atoms with Crippen LogP contribution in [-0.2, 0) is 0 Å². The summed E-state index contributed by atoms with van der Waals surface area (Å²) in [6, 6.07) is 2.61. The summed E-state index contributed by atoms with van der Waals surface area (Å²) in [5.74, 6) is -3.03. The Kier molecular flexibility index (Phi) is 4.09. The second kappa shape index (κ2) is 5.63. The Hall–Kier alpha value is -1.87. The Bertz CT molecular complexity index is 705. The molecule has 0 aliphatic heterocycles. The number of benzene rings is 1. The molecular formula is C11H5BrF2N2O3S. The van der Waals surface area contributed by atoms with E-state index in [0.29, 0.717) is 16.6 Å². The number of thiophene rings is 1. The third-order valence-corrected chi connectivity index (χ3v) is 4.13. The van der Waals surface area contributed by atoms with Crippen molar-refractivity contribution in [1.82, 2.24) is 0 Å². The number of nitrogens with one attached hydrogen (secondary N) is 1. The predicted octanol–water partition coefficient (Wildman–Crippen LogP) is 3.95. The highest BCUT2D eigenvalue weighted by molar-refractivity contribution is 9.10. The lowest BCUT2D eigenvalue weighted by Crippen LogP contribution is -2.14. The van der Waals surface area contributed by atoms with Gasteiger partial charge in [0, 0.05) is 10.5 Å². The highest BCUT2D eigenvalue weighted by Gasteiger charge is 2.23. The van der Waals surface area contributed by atoms with Gasteiger partial charge in [0.05, 0.1) is 11.0 Å². The molecule has 1 aromatic carbocycles. The van der Waals surface area contributed by atoms with Crippen molar-refractivity contribution >= 4 is 44.5 Å². The first-order chi connectivity index (χ1) is 9.40. The molecule has 1 aromatic heterocycles. The molecule has 0 bridgehead atoms. The van der Waals surface area contributed by atoms with Gasteiger partial charge in [-0.15, -0.1) is 11.3 Å². The maximum atomic E-state index is 13.6. The number of halogens is 3. The molecule has 1 N–H and O–H groups in total. The lowest BCUT2D eigenvalue weighted by molar-refractivity contribution is -0.384. The SMILES string of the molecule is O=C(Nc1c(F)cc(F)cc1[N+](=O)[O-])c1sccc1Br. The molecule has 0 radical (unpaired) electrons. The van der Waals surface area contributed by atoms with Crippen LogP contribution in [-0.4, -0.2) is 10.8 Å². The monoisotopic (exact) mass is 362 g/mol. The summed E-state index contributed by atoms with van der Waals surface area (Å²) in [6.45, 7) is 0. The van der Waals surface area contributed by atoms with E-state index in [1.165, 1.54) is 0 Å². The average Bonchev–Trinajstić information content (AvgIpc) is 2.78. The number of anilines is 1. The van der Waals surface area contributed by atoms with Gasteiger partial charge in [-0.3, -0.25) is 14.9 Å². The Balaban J connectivity index is 2.41. The third-order valence-electron chi connectivity index (χ3n) is 2.29. The molecule has 20 heavy (non-hydrogen) atoms. The van der Waals surface area contributed by atoms with Gasteiger partial charge in [-0.05, 0) is 27.4 Å². The van der Waals surface area contributed by atoms with Crippen LogP contribution in [0.5, 0.6) is 0 Å². The van der Waals surface area contributed by atoms with E-state index in [-0.39, 0.29) is 4.88 Å². The molecule has 5 nitrogen and oxygen atoms in total. The van der Waals surface area contributed by atoms with Gasteiger partial charge in [0.25, 0.3) is 11.6 Å². The summed E-state index contributed by atoms with van der Waals surface area (Å²) in [5, 5.41) is 14.5. The van der Waals surface area contributed by atoms with Crippen LogP contribution in [0.4, 0.5) is 20.2 Å². The molecule has 1 amide bonds. The van der Waals surface area contributed by atoms with Crippen molar-refractivity contribution in [2.24, 2.45) is 0 Å². The summed E-state index contributed by atoms with van der Waals surface area (Å²) in [6.07, 6.45) is 0. The molecule has 0 saturated carbocycles. The second-order valence-corrected chi connectivity index (χ2v) is 5.36. The van der Waals surface area contributed by atoms with Gasteiger partial charge >= 0.3 is 0 Å². The van der Waals surface area contributed by atoms with Gasteiger partial charge in [0.1, 0.15) is 10.7 Å². The number of hydrogen-bond donors (Lipinski definition) is 1. The van der Waals surface area contributed by atoms with Gasteiger partial charge in [-0.1, -0.05) is 0 Å². The molecule has 2 aromatic rings. The van der Waals surface area contributed by atoms with Crippen LogP contribution in [0.2, 0.25) is 0 Å². The Morgan fingerprint density at radius 1 is 1.40 bits per heavy atom. The minimum Gasteiger partial charge on any atom is -0.313 e. The molecule has 0 aliphatic carbocycles. The first-order valence-electron chi connectivity index (χ1n) is 5.08. The summed E-state index contributed by atoms with van der Waals surface area (Å²) < 4.78 is 27.1. The predicted molar refractivity (Wildman–Crippen MR) is 73.0 cm³/mol. The number of amides is 1. The highest BCUT2D eigenvalue weighted by atomic mass is 79.9. The largest absolute Gasteiger partial charge is 0.313 e. The molecule has 0 spiro atoms. The van der Waals surface area contributed by atoms with Gasteiger partial charge < -0.3 is 5.32 Å². The molecule has 0 saturated heterocycles. The van der Waals surface area contributed by atoms with E-state index in [1.54, 1.807) is 11.4 Å². The van der Waals surface area contributed by atoms with E-state index in [0.717, 1.165) is 11.3 Å². The van der Waals surface area contributed by atoms with Crippen molar-refractivity contribution < 1.29 is 18.5 Å². The van der Waals surface area contributed by atoms with Crippen LogP contribution in [0.15, 0.2) is 28.1 Å². The van der Waals surface area contributed by atoms with Crippen molar-refractivity contribution in [1.29, 1.82) is 0 Å². The fourth-order valence-electron chi connectivity index (χ4n) is 1.45. The summed E-state index contributed by atoms with van der Waals surface area (Å²) >= 11 is 4.19. The smallest absolute Gasteiger partial charge is 0.298 e. The third kappa shape index (κ3) is 2.83. The van der Waals surface area contributed by atoms with Crippen molar-refractivity contribution in [3.8, 4) is 0 Å². The normalized spacial score (nSPS) is 10.3. The number of hydrogen-bond acceptors (Lipinski definition) is 4. The zero-order chi connectivity index (χ0) is 14.9. The molecular weight excluding hydrogens is 358 g/mol. The summed E-state index contributed by atoms with van der Waals surface area (Å²) in [4.78, 5) is 21.9. The van der Waals surface area contributed by atoms with Crippen molar-refractivity contribution in [3.05, 3.63) is 54.7 Å². The number of nitro benzene ring substituents is 1. The Morgan fingerprint density at radius 3 is 2.65 bits per heavy atom. The van der Waals surface area contributed by atoms with Crippen LogP contribution in [0.25, 0.3) is 0 Å². The zero-order valence-corrected chi connectivity index (χ0v) is 11.9. The standard InChI is InChI=1S/C11H5BrF2N2O3S/c12-6-1-2-20-10(6)11(17)15-9-7(14)3-5(13)4-8(9)16(18)19/h1-4H,(H,15,17). The molecule has 0 atom stereocenters. The van der Waals surface area contributed by atoms with E-state index >= 15 is 0 Å². The zero-order valence-electron chi connectivity index (χ0n) is 9.52. The van der Waals surface area contributed by atoms with E-state index in [2.05, 4.69) is 21.2 Å². The van der Waals surface area contributed by atoms with E-state index in [9.17, 15) is 23.7 Å². The van der Waals surface area contributed by atoms with Gasteiger partial charge in [0.15, 0.2) is 11.5 Å². The van der Waals surface area contributed by atoms with Gasteiger partial charge in [0.2, 0.25) is 0 Å². The lowest BCUT2D eigenvalue weighted by Gasteiger charge is -2.06. The van der Waals surface area contributed by atoms with Crippen LogP contribution >= 0.6 is 27.3 Å². The fraction of sp³-hybridized carbons (Fsp3) is 0. The minimum absolute atomic E-state index is 0.225. The Labute approximate surface area is 123 Å². The number of carbonyl (C=O) groups excluding carboxylic acids is 1. The minimum atomic E-state index is -1.21. The molecule has 0 unspecified atom stereocenters. The lowest BCUT2D eigenvalue weighted by atomic mass is 10.2. The van der Waals surface area contributed by atoms with E-state index in [4.69, 9.17) is 0 Å². The quantitative estimate of drug-likeness (QED) is 0.663. The summed E-state index contributed by atoms with van der Waals surface area (Å²) in [7, 11) is 0. The molecule has 0 aliphatic rings. The average molecular weight is 363 g/mol. The number of rotatable bonds is 3. The number of nitro groups is 1. The van der Waals surface area contributed by atoms with Crippen LogP contribution in [0.1, 0.15) is 9.67 Å². The number of nitrogens with zero attached hydrogens (tertiary/aromatic N) is 1. The first kappa shape index (κ1) is 14.5. The fourth-order valence-corrected chi connectivity index (χ4v) is 2.90. The maximum absolute atomic E-state index is 13.6. The van der Waals surface area contributed by atoms with E-state index in [1.807, 2.05) is 0 Å². The van der Waals surface area contributed by atoms with Crippen molar-refractivity contribution in [2.45, 2.75) is 0 Å². The molecule has 0 fully saturated rings. The molecule has 104 valence electrons. The van der Waals surface area contributed by atoms with Crippen LogP contribution < -0.4 is 5.32 Å². The first-order valence-corrected chi connectivity index (χ1v) is 6.75. The Morgan fingerprint density at radius 2 is 2.10 bits per heavy atom. The van der Waals surface area contributed by atoms with Gasteiger partial charge in [-0.2, -0.15) is 0 Å². The number of carbonyl (C=O) groups is 1. The molecule has 2 rings (SSSR count). The summed E-state index contributed by atoms with van der Waals surface area (Å²) in [5.41, 5.74) is -1.51. The van der Waals surface area contributed by atoms with Crippen LogP contribution in [0, 0.1) is 21.7 Å². The van der Waals surface area contributed by atoms with E-state index < -0.39 is 33.8 Å². The topological polar surface area (TPSA) is 72.2 Å². The van der Waals surface area contributed by atoms with Crippen LogP contribution in [0.3, 0.4) is 0 Å². The van der Waals surface area contributed by atoms with Gasteiger partial charge in [-0.25, -0.2) is 8.78 Å². The molecule has 1 heterocycles. The van der Waals surface area contributed by atoms with Crippen molar-refractivity contribution in [3.63, 3.8) is 0 Å². The second-order valence-electron chi connectivity index (χ2n) is 3.59. The maximum Gasteiger partial charge on any atom is 0.298 e. The molecule has 9 heteroatoms. The highest BCUT2D eigenvalue weighted by Crippen LogP contribution is 2.30. The van der Waals surface area contributed by atoms with Crippen molar-refractivity contribution in [2.75, 3.05) is 5.32 Å².